The molecule has 1 aliphatic heterocycles. The van der Waals surface area contributed by atoms with Crippen LogP contribution in [0.25, 0.3) is 0 Å². The molecule has 3 rings (SSSR count). The highest BCUT2D eigenvalue weighted by Gasteiger charge is 2.25. The zero-order valence-corrected chi connectivity index (χ0v) is 10.4. The maximum Gasteiger partial charge on any atom is 0.0754 e. The minimum atomic E-state index is 0.402. The monoisotopic (exact) mass is 226 g/mol. The van der Waals surface area contributed by atoms with Crippen LogP contribution in [0.5, 0.6) is 0 Å². The van der Waals surface area contributed by atoms with E-state index in [0.29, 0.717) is 6.04 Å². The van der Waals surface area contributed by atoms with Gasteiger partial charge in [0.25, 0.3) is 0 Å². The third kappa shape index (κ3) is 1.79. The zero-order valence-electron chi connectivity index (χ0n) is 10.4. The predicted molar refractivity (Wildman–Crippen MR) is 70.1 cm³/mol. The molecule has 2 heterocycles. The Hall–Kier alpha value is -1.54. The third-order valence-corrected chi connectivity index (χ3v) is 3.67. The number of nitrogens with zero attached hydrogens (tertiary/aromatic N) is 2. The average molecular weight is 226 g/mol. The van der Waals surface area contributed by atoms with E-state index in [4.69, 9.17) is 0 Å². The molecular formula is C15H18N2. The SMILES string of the molecule is Cc1ccc(C2c3cccn3CCN2C)cc1. The van der Waals surface area contributed by atoms with E-state index in [9.17, 15) is 0 Å². The quantitative estimate of drug-likeness (QED) is 0.726. The van der Waals surface area contributed by atoms with Crippen molar-refractivity contribution in [1.29, 1.82) is 0 Å². The van der Waals surface area contributed by atoms with Crippen molar-refractivity contribution < 1.29 is 0 Å². The Bertz CT molecular complexity index is 510. The number of rotatable bonds is 1. The van der Waals surface area contributed by atoms with Crippen LogP contribution < -0.4 is 0 Å². The molecule has 2 nitrogen and oxygen atoms in total. The van der Waals surface area contributed by atoms with Crippen LogP contribution in [0.4, 0.5) is 0 Å². The Morgan fingerprint density at radius 3 is 2.59 bits per heavy atom. The summed E-state index contributed by atoms with van der Waals surface area (Å²) in [7, 11) is 2.21. The molecule has 88 valence electrons. The van der Waals surface area contributed by atoms with Crippen LogP contribution in [0.3, 0.4) is 0 Å². The maximum atomic E-state index is 2.43. The summed E-state index contributed by atoms with van der Waals surface area (Å²) >= 11 is 0. The summed E-state index contributed by atoms with van der Waals surface area (Å²) < 4.78 is 2.37. The van der Waals surface area contributed by atoms with Gasteiger partial charge in [-0.1, -0.05) is 29.8 Å². The van der Waals surface area contributed by atoms with Crippen molar-refractivity contribution >= 4 is 0 Å². The lowest BCUT2D eigenvalue weighted by molar-refractivity contribution is 0.227. The fourth-order valence-corrected chi connectivity index (χ4v) is 2.67. The smallest absolute Gasteiger partial charge is 0.0754 e. The maximum absolute atomic E-state index is 2.43. The van der Waals surface area contributed by atoms with Gasteiger partial charge < -0.3 is 4.57 Å². The van der Waals surface area contributed by atoms with Crippen molar-refractivity contribution in [3.05, 3.63) is 59.4 Å². The first-order chi connectivity index (χ1) is 8.25. The van der Waals surface area contributed by atoms with Crippen LogP contribution >= 0.6 is 0 Å². The standard InChI is InChI=1S/C15H18N2/c1-12-5-7-13(8-6-12)15-14-4-3-9-17(14)11-10-16(15)2/h3-9,15H,10-11H2,1-2H3. The number of hydrogen-bond acceptors (Lipinski definition) is 1. The van der Waals surface area contributed by atoms with E-state index in [-0.39, 0.29) is 0 Å². The largest absolute Gasteiger partial charge is 0.348 e. The highest BCUT2D eigenvalue weighted by molar-refractivity contribution is 5.32. The topological polar surface area (TPSA) is 8.17 Å². The van der Waals surface area contributed by atoms with Gasteiger partial charge in [-0.2, -0.15) is 0 Å². The highest BCUT2D eigenvalue weighted by Crippen LogP contribution is 2.30. The molecule has 0 saturated heterocycles. The molecule has 17 heavy (non-hydrogen) atoms. The Labute approximate surface area is 102 Å². The van der Waals surface area contributed by atoms with E-state index in [0.717, 1.165) is 13.1 Å². The van der Waals surface area contributed by atoms with E-state index >= 15 is 0 Å². The second-order valence-corrected chi connectivity index (χ2v) is 4.92. The number of likely N-dealkylation sites (N-methyl/N-ethyl adjacent to an activating group) is 1. The molecule has 0 N–H and O–H groups in total. The Morgan fingerprint density at radius 2 is 1.82 bits per heavy atom. The molecule has 0 amide bonds. The zero-order chi connectivity index (χ0) is 11.8. The molecule has 2 heteroatoms. The van der Waals surface area contributed by atoms with Gasteiger partial charge in [-0.05, 0) is 31.7 Å². The van der Waals surface area contributed by atoms with Crippen molar-refractivity contribution in [2.75, 3.05) is 13.6 Å². The molecule has 0 aliphatic carbocycles. The fourth-order valence-electron chi connectivity index (χ4n) is 2.67. The first-order valence-electron chi connectivity index (χ1n) is 6.17. The lowest BCUT2D eigenvalue weighted by Gasteiger charge is -2.34. The normalized spacial score (nSPS) is 20.2. The van der Waals surface area contributed by atoms with Gasteiger partial charge in [0.2, 0.25) is 0 Å². The van der Waals surface area contributed by atoms with Crippen LogP contribution in [0.15, 0.2) is 42.6 Å². The Morgan fingerprint density at radius 1 is 1.06 bits per heavy atom. The molecule has 0 fully saturated rings. The summed E-state index contributed by atoms with van der Waals surface area (Å²) in [6.45, 7) is 4.35. The molecule has 1 atom stereocenters. The molecule has 1 aromatic heterocycles. The number of aryl methyl sites for hydroxylation is 1. The van der Waals surface area contributed by atoms with Crippen LogP contribution in [0, 0.1) is 6.92 Å². The van der Waals surface area contributed by atoms with Crippen molar-refractivity contribution in [1.82, 2.24) is 9.47 Å². The Balaban J connectivity index is 2.05. The first kappa shape index (κ1) is 10.6. The Kier molecular flexibility index (Phi) is 2.52. The summed E-state index contributed by atoms with van der Waals surface area (Å²) in [4.78, 5) is 2.43. The van der Waals surface area contributed by atoms with E-state index < -0.39 is 0 Å². The van der Waals surface area contributed by atoms with Crippen molar-refractivity contribution in [3.63, 3.8) is 0 Å². The van der Waals surface area contributed by atoms with Crippen LogP contribution in [-0.4, -0.2) is 23.1 Å². The molecule has 0 saturated carbocycles. The summed E-state index contributed by atoms with van der Waals surface area (Å²) in [5.41, 5.74) is 4.11. The van der Waals surface area contributed by atoms with E-state index in [1.54, 1.807) is 0 Å². The number of fused-ring (bicyclic) bond motifs is 1. The molecule has 0 spiro atoms. The van der Waals surface area contributed by atoms with Crippen molar-refractivity contribution in [2.45, 2.75) is 19.5 Å². The minimum absolute atomic E-state index is 0.402. The second-order valence-electron chi connectivity index (χ2n) is 4.92. The van der Waals surface area contributed by atoms with Crippen molar-refractivity contribution in [3.8, 4) is 0 Å². The number of aromatic nitrogens is 1. The minimum Gasteiger partial charge on any atom is -0.348 e. The average Bonchev–Trinajstić information content (AvgIpc) is 2.79. The van der Waals surface area contributed by atoms with Gasteiger partial charge in [-0.15, -0.1) is 0 Å². The van der Waals surface area contributed by atoms with Gasteiger partial charge in [0.15, 0.2) is 0 Å². The van der Waals surface area contributed by atoms with E-state index in [1.165, 1.54) is 16.8 Å². The molecule has 1 aliphatic rings. The molecular weight excluding hydrogens is 208 g/mol. The number of benzene rings is 1. The van der Waals surface area contributed by atoms with Crippen LogP contribution in [0.1, 0.15) is 22.9 Å². The predicted octanol–water partition coefficient (Wildman–Crippen LogP) is 2.83. The molecule has 1 unspecified atom stereocenters. The lowest BCUT2D eigenvalue weighted by atomic mass is 9.99. The van der Waals surface area contributed by atoms with Gasteiger partial charge >= 0.3 is 0 Å². The van der Waals surface area contributed by atoms with Crippen LogP contribution in [0.2, 0.25) is 0 Å². The van der Waals surface area contributed by atoms with Crippen molar-refractivity contribution in [2.24, 2.45) is 0 Å². The molecule has 1 aromatic carbocycles. The molecule has 0 radical (unpaired) electrons. The van der Waals surface area contributed by atoms with Gasteiger partial charge in [0.05, 0.1) is 6.04 Å². The van der Waals surface area contributed by atoms with Crippen LogP contribution in [-0.2, 0) is 6.54 Å². The van der Waals surface area contributed by atoms with Gasteiger partial charge in [0.1, 0.15) is 0 Å². The molecule has 2 aromatic rings. The van der Waals surface area contributed by atoms with Gasteiger partial charge in [-0.25, -0.2) is 0 Å². The van der Waals surface area contributed by atoms with E-state index in [1.807, 2.05) is 0 Å². The molecule has 0 bridgehead atoms. The first-order valence-corrected chi connectivity index (χ1v) is 6.17. The fraction of sp³-hybridized carbons (Fsp3) is 0.333. The van der Waals surface area contributed by atoms with Gasteiger partial charge in [0, 0.05) is 25.0 Å². The van der Waals surface area contributed by atoms with Gasteiger partial charge in [-0.3, -0.25) is 4.90 Å². The summed E-state index contributed by atoms with van der Waals surface area (Å²) in [6, 6.07) is 13.7. The van der Waals surface area contributed by atoms with E-state index in [2.05, 4.69) is 66.0 Å². The number of hydrogen-bond donors (Lipinski definition) is 0. The summed E-state index contributed by atoms with van der Waals surface area (Å²) in [5, 5.41) is 0. The third-order valence-electron chi connectivity index (χ3n) is 3.67. The summed E-state index contributed by atoms with van der Waals surface area (Å²) in [5.74, 6) is 0. The second kappa shape index (κ2) is 4.04. The lowest BCUT2D eigenvalue weighted by Crippen LogP contribution is -2.35. The summed E-state index contributed by atoms with van der Waals surface area (Å²) in [6.07, 6.45) is 2.18. The highest BCUT2D eigenvalue weighted by atomic mass is 15.2.